The van der Waals surface area contributed by atoms with Gasteiger partial charge in [0, 0.05) is 29.5 Å². The number of hydrogen-bond donors (Lipinski definition) is 1. The molecule has 0 unspecified atom stereocenters. The number of rotatable bonds is 2. The highest BCUT2D eigenvalue weighted by atomic mass is 79.9. The molecule has 3 nitrogen and oxygen atoms in total. The van der Waals surface area contributed by atoms with Gasteiger partial charge in [-0.1, -0.05) is 30.3 Å². The van der Waals surface area contributed by atoms with Gasteiger partial charge in [0.1, 0.15) is 4.88 Å². The average molecular weight is 351 g/mol. The Morgan fingerprint density at radius 2 is 2.00 bits per heavy atom. The van der Waals surface area contributed by atoms with E-state index in [9.17, 15) is 4.79 Å². The Hall–Kier alpha value is -1.17. The van der Waals surface area contributed by atoms with Crippen molar-refractivity contribution in [2.75, 3.05) is 13.1 Å². The first-order chi connectivity index (χ1) is 9.66. The lowest BCUT2D eigenvalue weighted by Crippen LogP contribution is -2.31. The summed E-state index contributed by atoms with van der Waals surface area (Å²) in [6, 6.07) is 12.1. The fourth-order valence-electron chi connectivity index (χ4n) is 2.64. The largest absolute Gasteiger partial charge is 0.336 e. The third-order valence-electron chi connectivity index (χ3n) is 3.69. The van der Waals surface area contributed by atoms with Crippen LogP contribution < -0.4 is 5.73 Å². The van der Waals surface area contributed by atoms with Crippen molar-refractivity contribution < 1.29 is 4.79 Å². The molecular weight excluding hydrogens is 336 g/mol. The Kier molecular flexibility index (Phi) is 3.92. The zero-order valence-electron chi connectivity index (χ0n) is 10.8. The second-order valence-corrected chi connectivity index (χ2v) is 6.76. The van der Waals surface area contributed by atoms with Crippen LogP contribution in [0.2, 0.25) is 0 Å². The van der Waals surface area contributed by atoms with Gasteiger partial charge < -0.3 is 10.6 Å². The number of carbonyl (C=O) groups excluding carboxylic acids is 1. The molecule has 1 aromatic carbocycles. The molecule has 2 aromatic rings. The molecular formula is C15H15BrN2OS. The van der Waals surface area contributed by atoms with Gasteiger partial charge in [0.2, 0.25) is 0 Å². The second-order valence-electron chi connectivity index (χ2n) is 4.99. The van der Waals surface area contributed by atoms with E-state index in [0.717, 1.165) is 9.35 Å². The summed E-state index contributed by atoms with van der Waals surface area (Å²) >= 11 is 4.88. The van der Waals surface area contributed by atoms with Crippen LogP contribution in [0, 0.1) is 0 Å². The average Bonchev–Trinajstić information content (AvgIpc) is 3.05. The molecule has 2 N–H and O–H groups in total. The lowest BCUT2D eigenvalue weighted by atomic mass is 9.95. The first-order valence-corrected chi connectivity index (χ1v) is 8.17. The minimum atomic E-state index is 0.0000813. The molecule has 1 amide bonds. The van der Waals surface area contributed by atoms with Crippen molar-refractivity contribution in [2.45, 2.75) is 12.0 Å². The van der Waals surface area contributed by atoms with Crippen molar-refractivity contribution in [3.05, 3.63) is 56.7 Å². The molecule has 5 heteroatoms. The van der Waals surface area contributed by atoms with Crippen LogP contribution in [-0.2, 0) is 0 Å². The highest BCUT2D eigenvalue weighted by molar-refractivity contribution is 9.10. The van der Waals surface area contributed by atoms with E-state index >= 15 is 0 Å². The molecule has 1 fully saturated rings. The fraction of sp³-hybridized carbons (Fsp3) is 0.267. The highest BCUT2D eigenvalue weighted by Gasteiger charge is 2.34. The molecule has 1 aromatic heterocycles. The minimum Gasteiger partial charge on any atom is -0.336 e. The SMILES string of the molecule is N[C@@H]1CN(C(=O)c2sccc2Br)C[C@H]1c1ccccc1. The number of likely N-dealkylation sites (tertiary alicyclic amines) is 1. The summed E-state index contributed by atoms with van der Waals surface area (Å²) in [7, 11) is 0. The van der Waals surface area contributed by atoms with Crippen molar-refractivity contribution in [1.82, 2.24) is 4.90 Å². The maximum absolute atomic E-state index is 12.5. The van der Waals surface area contributed by atoms with Crippen LogP contribution in [0.5, 0.6) is 0 Å². The van der Waals surface area contributed by atoms with Gasteiger partial charge in [-0.2, -0.15) is 0 Å². The predicted octanol–water partition coefficient (Wildman–Crippen LogP) is 3.08. The number of carbonyl (C=O) groups is 1. The monoisotopic (exact) mass is 350 g/mol. The van der Waals surface area contributed by atoms with E-state index in [4.69, 9.17) is 5.73 Å². The molecule has 2 heterocycles. The number of benzene rings is 1. The fourth-order valence-corrected chi connectivity index (χ4v) is 4.15. The Morgan fingerprint density at radius 1 is 1.25 bits per heavy atom. The van der Waals surface area contributed by atoms with E-state index in [-0.39, 0.29) is 17.9 Å². The third kappa shape index (κ3) is 2.53. The topological polar surface area (TPSA) is 46.3 Å². The van der Waals surface area contributed by atoms with Gasteiger partial charge in [0.05, 0.1) is 0 Å². The maximum Gasteiger partial charge on any atom is 0.265 e. The van der Waals surface area contributed by atoms with Crippen LogP contribution in [0.4, 0.5) is 0 Å². The summed E-state index contributed by atoms with van der Waals surface area (Å²) in [5.41, 5.74) is 7.44. The van der Waals surface area contributed by atoms with E-state index in [1.54, 1.807) is 0 Å². The predicted molar refractivity (Wildman–Crippen MR) is 85.1 cm³/mol. The van der Waals surface area contributed by atoms with Gasteiger partial charge in [-0.25, -0.2) is 0 Å². The van der Waals surface area contributed by atoms with Gasteiger partial charge in [-0.3, -0.25) is 4.79 Å². The Balaban J connectivity index is 1.79. The smallest absolute Gasteiger partial charge is 0.265 e. The lowest BCUT2D eigenvalue weighted by Gasteiger charge is -2.16. The summed E-state index contributed by atoms with van der Waals surface area (Å²) in [6.07, 6.45) is 0. The van der Waals surface area contributed by atoms with Crippen molar-refractivity contribution in [3.63, 3.8) is 0 Å². The molecule has 0 aliphatic carbocycles. The maximum atomic E-state index is 12.5. The lowest BCUT2D eigenvalue weighted by molar-refractivity contribution is 0.0793. The van der Waals surface area contributed by atoms with E-state index in [1.807, 2.05) is 34.5 Å². The van der Waals surface area contributed by atoms with Crippen LogP contribution >= 0.6 is 27.3 Å². The summed E-state index contributed by atoms with van der Waals surface area (Å²) in [5.74, 6) is 0.291. The van der Waals surface area contributed by atoms with Crippen LogP contribution in [0.15, 0.2) is 46.3 Å². The molecule has 20 heavy (non-hydrogen) atoms. The first-order valence-electron chi connectivity index (χ1n) is 6.49. The third-order valence-corrected chi connectivity index (χ3v) is 5.52. The quantitative estimate of drug-likeness (QED) is 0.904. The number of thiophene rings is 1. The Labute approximate surface area is 130 Å². The molecule has 0 bridgehead atoms. The molecule has 0 saturated carbocycles. The number of halogens is 1. The van der Waals surface area contributed by atoms with Crippen LogP contribution in [-0.4, -0.2) is 29.9 Å². The normalized spacial score (nSPS) is 22.2. The van der Waals surface area contributed by atoms with Crippen LogP contribution in [0.25, 0.3) is 0 Å². The van der Waals surface area contributed by atoms with E-state index in [2.05, 4.69) is 28.1 Å². The van der Waals surface area contributed by atoms with Crippen LogP contribution in [0.3, 0.4) is 0 Å². The molecule has 1 aliphatic heterocycles. The number of amides is 1. The molecule has 1 aliphatic rings. The van der Waals surface area contributed by atoms with Crippen molar-refractivity contribution in [2.24, 2.45) is 5.73 Å². The standard InChI is InChI=1S/C15H15BrN2OS/c16-12-6-7-20-14(12)15(19)18-8-11(13(17)9-18)10-4-2-1-3-5-10/h1-7,11,13H,8-9,17H2/t11-,13+/m0/s1. The number of nitrogens with zero attached hydrogens (tertiary/aromatic N) is 1. The summed E-state index contributed by atoms with van der Waals surface area (Å²) in [5, 5.41) is 1.92. The van der Waals surface area contributed by atoms with Crippen molar-refractivity contribution in [1.29, 1.82) is 0 Å². The Morgan fingerprint density at radius 3 is 2.65 bits per heavy atom. The number of hydrogen-bond acceptors (Lipinski definition) is 3. The van der Waals surface area contributed by atoms with Crippen molar-refractivity contribution >= 4 is 33.2 Å². The second kappa shape index (κ2) is 5.68. The van der Waals surface area contributed by atoms with Crippen LogP contribution in [0.1, 0.15) is 21.2 Å². The molecule has 3 rings (SSSR count). The molecule has 1 saturated heterocycles. The Bertz CT molecular complexity index is 613. The van der Waals surface area contributed by atoms with E-state index < -0.39 is 0 Å². The van der Waals surface area contributed by atoms with Gasteiger partial charge in [-0.15, -0.1) is 11.3 Å². The first kappa shape index (κ1) is 13.8. The molecule has 104 valence electrons. The number of nitrogens with two attached hydrogens (primary N) is 1. The summed E-state index contributed by atoms with van der Waals surface area (Å²) in [6.45, 7) is 1.30. The molecule has 0 radical (unpaired) electrons. The zero-order valence-corrected chi connectivity index (χ0v) is 13.2. The van der Waals surface area contributed by atoms with Gasteiger partial charge in [0.25, 0.3) is 5.91 Å². The van der Waals surface area contributed by atoms with Gasteiger partial charge in [-0.05, 0) is 32.9 Å². The zero-order chi connectivity index (χ0) is 14.1. The van der Waals surface area contributed by atoms with Gasteiger partial charge >= 0.3 is 0 Å². The highest BCUT2D eigenvalue weighted by Crippen LogP contribution is 2.30. The van der Waals surface area contributed by atoms with E-state index in [0.29, 0.717) is 13.1 Å². The van der Waals surface area contributed by atoms with E-state index in [1.165, 1.54) is 16.9 Å². The molecule has 0 spiro atoms. The van der Waals surface area contributed by atoms with Crippen molar-refractivity contribution in [3.8, 4) is 0 Å². The summed E-state index contributed by atoms with van der Waals surface area (Å²) < 4.78 is 0.865. The molecule has 2 atom stereocenters. The van der Waals surface area contributed by atoms with Gasteiger partial charge in [0.15, 0.2) is 0 Å². The summed E-state index contributed by atoms with van der Waals surface area (Å²) in [4.78, 5) is 15.1. The minimum absolute atomic E-state index is 0.0000813.